The Balaban J connectivity index is 3.48. The number of amides is 1. The van der Waals surface area contributed by atoms with E-state index in [4.69, 9.17) is 24.8 Å². The van der Waals surface area contributed by atoms with E-state index in [1.165, 1.54) is 0 Å². The molecule has 9 heteroatoms. The quantitative estimate of drug-likeness (QED) is 0.138. The minimum atomic E-state index is -1.02. The lowest BCUT2D eigenvalue weighted by Crippen LogP contribution is -2.47. The van der Waals surface area contributed by atoms with Crippen molar-refractivity contribution in [2.75, 3.05) is 39.6 Å². The van der Waals surface area contributed by atoms with E-state index in [-0.39, 0.29) is 44.4 Å². The highest BCUT2D eigenvalue weighted by Gasteiger charge is 2.27. The van der Waals surface area contributed by atoms with Crippen molar-refractivity contribution in [2.45, 2.75) is 46.1 Å². The number of esters is 1. The Morgan fingerprint density at radius 3 is 2.00 bits per heavy atom. The smallest absolute Gasteiger partial charge is 0.306 e. The number of rotatable bonds is 15. The number of hydrogen-bond acceptors (Lipinski definition) is 8. The highest BCUT2D eigenvalue weighted by atomic mass is 16.6. The predicted octanol–water partition coefficient (Wildman–Crippen LogP) is 0.353. The van der Waals surface area contributed by atoms with E-state index >= 15 is 0 Å². The van der Waals surface area contributed by atoms with Gasteiger partial charge in [-0.15, -0.1) is 0 Å². The van der Waals surface area contributed by atoms with Gasteiger partial charge in [0.1, 0.15) is 18.0 Å². The van der Waals surface area contributed by atoms with Crippen molar-refractivity contribution in [1.29, 1.82) is 0 Å². The zero-order chi connectivity index (χ0) is 20.0. The summed E-state index contributed by atoms with van der Waals surface area (Å²) in [6.07, 6.45) is 0.301. The van der Waals surface area contributed by atoms with Gasteiger partial charge in [-0.25, -0.2) is 5.84 Å². The Morgan fingerprint density at radius 1 is 0.923 bits per heavy atom. The zero-order valence-electron chi connectivity index (χ0n) is 16.2. The van der Waals surface area contributed by atoms with E-state index in [0.717, 1.165) is 0 Å². The van der Waals surface area contributed by atoms with E-state index < -0.39 is 17.5 Å². The van der Waals surface area contributed by atoms with Crippen molar-refractivity contribution in [2.24, 2.45) is 11.8 Å². The van der Waals surface area contributed by atoms with Gasteiger partial charge in [0.05, 0.1) is 39.5 Å². The van der Waals surface area contributed by atoms with Crippen LogP contribution >= 0.6 is 0 Å². The number of ether oxygens (including phenoxy) is 4. The summed E-state index contributed by atoms with van der Waals surface area (Å²) < 4.78 is 20.9. The van der Waals surface area contributed by atoms with Gasteiger partial charge in [0, 0.05) is 12.3 Å². The molecule has 3 N–H and O–H groups in total. The molecule has 0 aromatic rings. The van der Waals surface area contributed by atoms with Gasteiger partial charge in [-0.05, 0) is 13.8 Å². The number of nitrogens with one attached hydrogen (secondary N) is 1. The molecule has 0 aromatic heterocycles. The van der Waals surface area contributed by atoms with Crippen LogP contribution in [0.15, 0.2) is 0 Å². The highest BCUT2D eigenvalue weighted by Crippen LogP contribution is 2.08. The lowest BCUT2D eigenvalue weighted by molar-refractivity contribution is -0.146. The van der Waals surface area contributed by atoms with Gasteiger partial charge in [0.25, 0.3) is 5.91 Å². The summed E-state index contributed by atoms with van der Waals surface area (Å²) in [7, 11) is 0. The Morgan fingerprint density at radius 2 is 1.46 bits per heavy atom. The minimum absolute atomic E-state index is 0.0476. The third-order valence-corrected chi connectivity index (χ3v) is 3.45. The topological polar surface area (TPSA) is 126 Å². The molecule has 152 valence electrons. The first kappa shape index (κ1) is 24.5. The zero-order valence-corrected chi connectivity index (χ0v) is 16.2. The summed E-state index contributed by atoms with van der Waals surface area (Å²) in [5.74, 6) is 4.22. The maximum absolute atomic E-state index is 11.4. The molecule has 0 saturated carbocycles. The molecular formula is C17H32N2O7. The Hall–Kier alpha value is -1.55. The Bertz CT molecular complexity index is 439. The second kappa shape index (κ2) is 13.6. The van der Waals surface area contributed by atoms with E-state index in [1.807, 2.05) is 5.43 Å². The van der Waals surface area contributed by atoms with Gasteiger partial charge < -0.3 is 18.9 Å². The van der Waals surface area contributed by atoms with Crippen LogP contribution in [-0.4, -0.2) is 62.9 Å². The molecule has 0 aliphatic rings. The van der Waals surface area contributed by atoms with Crippen molar-refractivity contribution >= 4 is 17.7 Å². The normalized spacial score (nSPS) is 11.5. The van der Waals surface area contributed by atoms with Crippen molar-refractivity contribution < 1.29 is 33.3 Å². The summed E-state index contributed by atoms with van der Waals surface area (Å²) in [4.78, 5) is 34.2. The molecule has 0 bridgehead atoms. The van der Waals surface area contributed by atoms with Crippen LogP contribution in [0.1, 0.15) is 40.5 Å². The van der Waals surface area contributed by atoms with E-state index in [9.17, 15) is 14.4 Å². The standard InChI is InChI=1S/C17H32N2O7/c1-13(2)14(20)5-6-15(21)25-11-9-23-7-8-24-10-12-26-17(3,4)16(22)19-18/h13H,5-12,18H2,1-4H3,(H,19,22). The third kappa shape index (κ3) is 11.9. The number of hydrazine groups is 1. The number of nitrogens with two attached hydrogens (primary N) is 1. The van der Waals surface area contributed by atoms with Gasteiger partial charge in [-0.3, -0.25) is 19.8 Å². The van der Waals surface area contributed by atoms with Gasteiger partial charge in [-0.2, -0.15) is 0 Å². The molecule has 0 atom stereocenters. The van der Waals surface area contributed by atoms with Crippen LogP contribution < -0.4 is 11.3 Å². The molecule has 0 rings (SSSR count). The highest BCUT2D eigenvalue weighted by molar-refractivity contribution is 5.84. The number of ketones is 1. The molecule has 0 saturated heterocycles. The Kier molecular flexibility index (Phi) is 12.8. The molecule has 0 heterocycles. The second-order valence-electron chi connectivity index (χ2n) is 6.40. The van der Waals surface area contributed by atoms with Gasteiger partial charge in [0.2, 0.25) is 0 Å². The minimum Gasteiger partial charge on any atom is -0.463 e. The second-order valence-corrected chi connectivity index (χ2v) is 6.40. The molecular weight excluding hydrogens is 344 g/mol. The summed E-state index contributed by atoms with van der Waals surface area (Å²) in [5, 5.41) is 0. The van der Waals surface area contributed by atoms with Crippen LogP contribution in [0.4, 0.5) is 0 Å². The van der Waals surface area contributed by atoms with Crippen molar-refractivity contribution in [3.8, 4) is 0 Å². The lowest BCUT2D eigenvalue weighted by atomic mass is 10.1. The molecule has 0 radical (unpaired) electrons. The molecule has 26 heavy (non-hydrogen) atoms. The van der Waals surface area contributed by atoms with Crippen LogP contribution in [0.3, 0.4) is 0 Å². The van der Waals surface area contributed by atoms with Crippen LogP contribution in [0.2, 0.25) is 0 Å². The summed E-state index contributed by atoms with van der Waals surface area (Å²) >= 11 is 0. The number of carbonyl (C=O) groups is 3. The first-order chi connectivity index (χ1) is 12.2. The SMILES string of the molecule is CC(C)C(=O)CCC(=O)OCCOCCOCCOC(C)(C)C(=O)NN. The fourth-order valence-corrected chi connectivity index (χ4v) is 1.72. The van der Waals surface area contributed by atoms with Crippen LogP contribution in [-0.2, 0) is 33.3 Å². The van der Waals surface area contributed by atoms with E-state index in [1.54, 1.807) is 27.7 Å². The largest absolute Gasteiger partial charge is 0.463 e. The average molecular weight is 376 g/mol. The van der Waals surface area contributed by atoms with Crippen molar-refractivity contribution in [3.05, 3.63) is 0 Å². The van der Waals surface area contributed by atoms with E-state index in [2.05, 4.69) is 0 Å². The summed E-state index contributed by atoms with van der Waals surface area (Å²) in [6, 6.07) is 0. The van der Waals surface area contributed by atoms with Gasteiger partial charge in [0.15, 0.2) is 0 Å². The molecule has 1 amide bonds. The molecule has 0 aliphatic heterocycles. The molecule has 0 aromatic carbocycles. The monoisotopic (exact) mass is 376 g/mol. The van der Waals surface area contributed by atoms with Gasteiger partial charge in [-0.1, -0.05) is 13.8 Å². The maximum atomic E-state index is 11.4. The first-order valence-electron chi connectivity index (χ1n) is 8.69. The maximum Gasteiger partial charge on any atom is 0.306 e. The molecule has 9 nitrogen and oxygen atoms in total. The van der Waals surface area contributed by atoms with Crippen molar-refractivity contribution in [1.82, 2.24) is 5.43 Å². The Labute approximate surface area is 154 Å². The third-order valence-electron chi connectivity index (χ3n) is 3.45. The molecule has 0 aliphatic carbocycles. The predicted molar refractivity (Wildman–Crippen MR) is 94.0 cm³/mol. The molecule has 0 fully saturated rings. The van der Waals surface area contributed by atoms with Crippen molar-refractivity contribution in [3.63, 3.8) is 0 Å². The molecule has 0 spiro atoms. The molecule has 0 unspecified atom stereocenters. The van der Waals surface area contributed by atoms with Crippen LogP contribution in [0.25, 0.3) is 0 Å². The number of hydrogen-bond donors (Lipinski definition) is 2. The first-order valence-corrected chi connectivity index (χ1v) is 8.69. The summed E-state index contributed by atoms with van der Waals surface area (Å²) in [5.41, 5.74) is 1.02. The lowest BCUT2D eigenvalue weighted by Gasteiger charge is -2.22. The number of Topliss-reactive ketones (excluding diaryl/α,β-unsaturated/α-hetero) is 1. The fourth-order valence-electron chi connectivity index (χ4n) is 1.72. The number of carbonyl (C=O) groups excluding carboxylic acids is 3. The van der Waals surface area contributed by atoms with Gasteiger partial charge >= 0.3 is 5.97 Å². The summed E-state index contributed by atoms with van der Waals surface area (Å²) in [6.45, 7) is 8.46. The average Bonchev–Trinajstić information content (AvgIpc) is 2.60. The fraction of sp³-hybridized carbons (Fsp3) is 0.824. The van der Waals surface area contributed by atoms with Crippen LogP contribution in [0.5, 0.6) is 0 Å². The van der Waals surface area contributed by atoms with E-state index in [0.29, 0.717) is 19.8 Å². The van der Waals surface area contributed by atoms with Crippen LogP contribution in [0, 0.1) is 5.92 Å².